The first-order valence-corrected chi connectivity index (χ1v) is 5.92. The molecule has 0 N–H and O–H groups in total. The number of pyridine rings is 1. The summed E-state index contributed by atoms with van der Waals surface area (Å²) in [5, 5.41) is 0. The van der Waals surface area contributed by atoms with Crippen molar-refractivity contribution in [3.63, 3.8) is 0 Å². The van der Waals surface area contributed by atoms with E-state index >= 15 is 0 Å². The highest BCUT2D eigenvalue weighted by Gasteiger charge is 2.11. The summed E-state index contributed by atoms with van der Waals surface area (Å²) < 4.78 is 0. The van der Waals surface area contributed by atoms with Gasteiger partial charge in [0.1, 0.15) is 5.69 Å². The highest BCUT2D eigenvalue weighted by atomic mass is 16.1. The molecule has 0 aromatic carbocycles. The number of carbonyl (C=O) groups excluding carboxylic acids is 1. The van der Waals surface area contributed by atoms with Gasteiger partial charge < -0.3 is 0 Å². The predicted octanol–water partition coefficient (Wildman–Crippen LogP) is 2.19. The smallest absolute Gasteiger partial charge is 0.168 e. The lowest BCUT2D eigenvalue weighted by Crippen LogP contribution is -2.29. The number of hydrogen-bond donors (Lipinski definition) is 0. The van der Waals surface area contributed by atoms with Crippen LogP contribution in [0.25, 0.3) is 0 Å². The third-order valence-corrected chi connectivity index (χ3v) is 3.20. The van der Waals surface area contributed by atoms with E-state index in [1.165, 1.54) is 43.5 Å². The van der Waals surface area contributed by atoms with Gasteiger partial charge in [0.2, 0.25) is 0 Å². The van der Waals surface area contributed by atoms with Crippen molar-refractivity contribution in [2.75, 3.05) is 13.1 Å². The number of aryl methyl sites for hydroxylation is 1. The molecule has 86 valence electrons. The Morgan fingerprint density at radius 2 is 2.12 bits per heavy atom. The van der Waals surface area contributed by atoms with Crippen molar-refractivity contribution in [3.8, 4) is 0 Å². The van der Waals surface area contributed by atoms with Crippen LogP contribution in [0, 0.1) is 6.92 Å². The van der Waals surface area contributed by atoms with Crippen molar-refractivity contribution in [2.45, 2.75) is 32.7 Å². The van der Waals surface area contributed by atoms with Crippen LogP contribution in [0.4, 0.5) is 0 Å². The van der Waals surface area contributed by atoms with E-state index < -0.39 is 0 Å². The normalized spacial score (nSPS) is 17.3. The number of aldehydes is 1. The minimum Gasteiger partial charge on any atom is -0.299 e. The van der Waals surface area contributed by atoms with E-state index in [9.17, 15) is 4.79 Å². The van der Waals surface area contributed by atoms with E-state index in [-0.39, 0.29) is 0 Å². The average Bonchev–Trinajstić information content (AvgIpc) is 2.33. The van der Waals surface area contributed by atoms with Crippen LogP contribution in [-0.4, -0.2) is 29.3 Å². The van der Waals surface area contributed by atoms with Gasteiger partial charge in [0.25, 0.3) is 0 Å². The molecule has 0 bridgehead atoms. The monoisotopic (exact) mass is 218 g/mol. The van der Waals surface area contributed by atoms with Crippen molar-refractivity contribution >= 4 is 6.29 Å². The molecule has 1 aliphatic rings. The van der Waals surface area contributed by atoms with Crippen LogP contribution in [-0.2, 0) is 6.54 Å². The zero-order chi connectivity index (χ0) is 11.4. The van der Waals surface area contributed by atoms with Gasteiger partial charge >= 0.3 is 0 Å². The lowest BCUT2D eigenvalue weighted by Gasteiger charge is -2.26. The molecule has 0 unspecified atom stereocenters. The molecular weight excluding hydrogens is 200 g/mol. The standard InChI is InChI=1S/C13H18N2O/c1-11-7-13(10-16)14-8-12(11)9-15-5-3-2-4-6-15/h7-8,10H,2-6,9H2,1H3. The van der Waals surface area contributed by atoms with Crippen molar-refractivity contribution in [1.82, 2.24) is 9.88 Å². The van der Waals surface area contributed by atoms with Gasteiger partial charge in [-0.2, -0.15) is 0 Å². The number of hydrogen-bond acceptors (Lipinski definition) is 3. The second-order valence-electron chi connectivity index (χ2n) is 4.49. The van der Waals surface area contributed by atoms with E-state index in [1.807, 2.05) is 19.2 Å². The van der Waals surface area contributed by atoms with E-state index in [4.69, 9.17) is 0 Å². The minimum atomic E-state index is 0.528. The van der Waals surface area contributed by atoms with E-state index in [0.29, 0.717) is 5.69 Å². The second kappa shape index (κ2) is 5.21. The van der Waals surface area contributed by atoms with Crippen LogP contribution in [0.5, 0.6) is 0 Å². The molecule has 0 aliphatic carbocycles. The number of nitrogens with zero attached hydrogens (tertiary/aromatic N) is 2. The van der Waals surface area contributed by atoms with Gasteiger partial charge in [0, 0.05) is 12.7 Å². The summed E-state index contributed by atoms with van der Waals surface area (Å²) in [6, 6.07) is 1.87. The third kappa shape index (κ3) is 2.67. The van der Waals surface area contributed by atoms with Crippen molar-refractivity contribution in [1.29, 1.82) is 0 Å². The average molecular weight is 218 g/mol. The Labute approximate surface area is 96.5 Å². The number of likely N-dealkylation sites (tertiary alicyclic amines) is 1. The van der Waals surface area contributed by atoms with Crippen molar-refractivity contribution in [3.05, 3.63) is 29.1 Å². The summed E-state index contributed by atoms with van der Waals surface area (Å²) >= 11 is 0. The Morgan fingerprint density at radius 3 is 2.75 bits per heavy atom. The van der Waals surface area contributed by atoms with Crippen molar-refractivity contribution < 1.29 is 4.79 Å². The maximum atomic E-state index is 10.6. The molecule has 1 aromatic heterocycles. The Balaban J connectivity index is 2.05. The molecular formula is C13H18N2O. The van der Waals surface area contributed by atoms with Gasteiger partial charge in [-0.05, 0) is 50.0 Å². The molecule has 0 spiro atoms. The van der Waals surface area contributed by atoms with Crippen molar-refractivity contribution in [2.24, 2.45) is 0 Å². The van der Waals surface area contributed by atoms with Gasteiger partial charge in [-0.25, -0.2) is 0 Å². The zero-order valence-electron chi connectivity index (χ0n) is 9.78. The molecule has 1 aliphatic heterocycles. The van der Waals surface area contributed by atoms with E-state index in [1.54, 1.807) is 0 Å². The van der Waals surface area contributed by atoms with Crippen LogP contribution in [0.1, 0.15) is 40.9 Å². The van der Waals surface area contributed by atoms with E-state index in [0.717, 1.165) is 12.8 Å². The van der Waals surface area contributed by atoms with Crippen LogP contribution >= 0.6 is 0 Å². The fourth-order valence-electron chi connectivity index (χ4n) is 2.19. The highest BCUT2D eigenvalue weighted by molar-refractivity contribution is 5.72. The second-order valence-corrected chi connectivity index (χ2v) is 4.49. The lowest BCUT2D eigenvalue weighted by molar-refractivity contribution is 0.111. The zero-order valence-corrected chi connectivity index (χ0v) is 9.78. The molecule has 1 saturated heterocycles. The van der Waals surface area contributed by atoms with Gasteiger partial charge in [-0.1, -0.05) is 6.42 Å². The number of piperidine rings is 1. The third-order valence-electron chi connectivity index (χ3n) is 3.20. The topological polar surface area (TPSA) is 33.2 Å². The first-order valence-electron chi connectivity index (χ1n) is 5.92. The molecule has 2 heterocycles. The van der Waals surface area contributed by atoms with Crippen LogP contribution in [0.15, 0.2) is 12.3 Å². The van der Waals surface area contributed by atoms with Gasteiger partial charge in [-0.15, -0.1) is 0 Å². The minimum absolute atomic E-state index is 0.528. The molecule has 1 aromatic rings. The van der Waals surface area contributed by atoms with Crippen LogP contribution < -0.4 is 0 Å². The van der Waals surface area contributed by atoms with E-state index in [2.05, 4.69) is 9.88 Å². The largest absolute Gasteiger partial charge is 0.299 e. The summed E-state index contributed by atoms with van der Waals surface area (Å²) in [6.45, 7) is 5.40. The summed E-state index contributed by atoms with van der Waals surface area (Å²) in [6.07, 6.45) is 6.61. The number of rotatable bonds is 3. The Morgan fingerprint density at radius 1 is 1.38 bits per heavy atom. The fraction of sp³-hybridized carbons (Fsp3) is 0.538. The molecule has 0 radical (unpaired) electrons. The molecule has 1 fully saturated rings. The number of carbonyl (C=O) groups is 1. The Kier molecular flexibility index (Phi) is 3.67. The molecule has 0 amide bonds. The van der Waals surface area contributed by atoms with Gasteiger partial charge in [0.05, 0.1) is 0 Å². The molecule has 3 nitrogen and oxygen atoms in total. The fourth-order valence-corrected chi connectivity index (χ4v) is 2.19. The summed E-state index contributed by atoms with van der Waals surface area (Å²) in [5.41, 5.74) is 2.94. The highest BCUT2D eigenvalue weighted by Crippen LogP contribution is 2.15. The Hall–Kier alpha value is -1.22. The maximum Gasteiger partial charge on any atom is 0.168 e. The maximum absolute atomic E-state index is 10.6. The van der Waals surface area contributed by atoms with Gasteiger partial charge in [-0.3, -0.25) is 14.7 Å². The molecule has 2 rings (SSSR count). The first-order chi connectivity index (χ1) is 7.79. The predicted molar refractivity (Wildman–Crippen MR) is 63.5 cm³/mol. The summed E-state index contributed by atoms with van der Waals surface area (Å²) in [7, 11) is 0. The summed E-state index contributed by atoms with van der Waals surface area (Å²) in [5.74, 6) is 0. The molecule has 3 heteroatoms. The molecule has 16 heavy (non-hydrogen) atoms. The lowest BCUT2D eigenvalue weighted by atomic mass is 10.1. The van der Waals surface area contributed by atoms with Crippen LogP contribution in [0.3, 0.4) is 0 Å². The summed E-state index contributed by atoms with van der Waals surface area (Å²) in [4.78, 5) is 17.2. The Bertz CT molecular complexity index is 370. The SMILES string of the molecule is Cc1cc(C=O)ncc1CN1CCCCC1. The molecule has 0 saturated carbocycles. The van der Waals surface area contributed by atoms with Crippen LogP contribution in [0.2, 0.25) is 0 Å². The first kappa shape index (κ1) is 11.3. The number of aromatic nitrogens is 1. The molecule has 0 atom stereocenters. The quantitative estimate of drug-likeness (QED) is 0.729. The van der Waals surface area contributed by atoms with Gasteiger partial charge in [0.15, 0.2) is 6.29 Å².